The summed E-state index contributed by atoms with van der Waals surface area (Å²) in [6.07, 6.45) is 2.15. The van der Waals surface area contributed by atoms with Gasteiger partial charge in [0.05, 0.1) is 12.7 Å². The molecule has 2 aliphatic heterocycles. The fourth-order valence-corrected chi connectivity index (χ4v) is 2.05. The van der Waals surface area contributed by atoms with Crippen LogP contribution in [-0.2, 0) is 0 Å². The zero-order chi connectivity index (χ0) is 10.7. The van der Waals surface area contributed by atoms with Gasteiger partial charge in [0.15, 0.2) is 11.9 Å². The van der Waals surface area contributed by atoms with Gasteiger partial charge in [-0.15, -0.1) is 11.8 Å². The molecule has 0 saturated carbocycles. The molecule has 0 saturated heterocycles. The molecule has 2 N–H and O–H groups in total. The lowest BCUT2D eigenvalue weighted by Gasteiger charge is -2.14. The van der Waals surface area contributed by atoms with Crippen molar-refractivity contribution in [1.29, 1.82) is 0 Å². The van der Waals surface area contributed by atoms with Gasteiger partial charge in [-0.2, -0.15) is 0 Å². The van der Waals surface area contributed by atoms with E-state index in [2.05, 4.69) is 20.0 Å². The maximum Gasteiger partial charge on any atom is 0.163 e. The fraction of sp³-hybridized carbons (Fsp3) is 0.500. The van der Waals surface area contributed by atoms with Gasteiger partial charge in [0.2, 0.25) is 0 Å². The highest BCUT2D eigenvalue weighted by atomic mass is 32.2. The quantitative estimate of drug-likeness (QED) is 0.668. The van der Waals surface area contributed by atoms with E-state index in [-0.39, 0.29) is 12.6 Å². The van der Waals surface area contributed by atoms with E-state index in [1.165, 1.54) is 24.4 Å². The Morgan fingerprint density at radius 1 is 1.40 bits per heavy atom. The maximum atomic E-state index is 9.20. The number of thioether (sulfide) groups is 1. The highest BCUT2D eigenvalue weighted by Crippen LogP contribution is 2.18. The predicted molar refractivity (Wildman–Crippen MR) is 61.2 cm³/mol. The van der Waals surface area contributed by atoms with Crippen LogP contribution < -0.4 is 0 Å². The summed E-state index contributed by atoms with van der Waals surface area (Å²) >= 11 is 1.36. The number of hydrogen-bond donors (Lipinski definition) is 2. The van der Waals surface area contributed by atoms with Crippen LogP contribution in [-0.4, -0.2) is 58.3 Å². The van der Waals surface area contributed by atoms with Gasteiger partial charge in [0.1, 0.15) is 17.7 Å². The van der Waals surface area contributed by atoms with Crippen molar-refractivity contribution in [3.8, 4) is 0 Å². The number of aliphatic hydroxyl groups is 2. The van der Waals surface area contributed by atoms with E-state index in [1.807, 2.05) is 0 Å². The Labute approximate surface area is 90.6 Å². The fourth-order valence-electron chi connectivity index (χ4n) is 1.14. The summed E-state index contributed by atoms with van der Waals surface area (Å²) in [6.45, 7) is -0.247. The molecular formula is C8H10N4O2S. The maximum absolute atomic E-state index is 9.20. The summed E-state index contributed by atoms with van der Waals surface area (Å²) in [6, 6.07) is -0.217. The first-order valence-electron chi connectivity index (χ1n) is 4.42. The van der Waals surface area contributed by atoms with Gasteiger partial charge < -0.3 is 10.2 Å². The minimum absolute atomic E-state index is 0.217. The average Bonchev–Trinajstić information content (AvgIpc) is 2.74. The van der Waals surface area contributed by atoms with Gasteiger partial charge in [0.25, 0.3) is 0 Å². The second-order valence-corrected chi connectivity index (χ2v) is 4.05. The van der Waals surface area contributed by atoms with Crippen LogP contribution in [0.15, 0.2) is 20.0 Å². The van der Waals surface area contributed by atoms with Crippen molar-refractivity contribution in [2.24, 2.45) is 20.0 Å². The van der Waals surface area contributed by atoms with Crippen LogP contribution in [0.2, 0.25) is 0 Å². The Kier molecular flexibility index (Phi) is 3.24. The molecule has 0 aromatic heterocycles. The third-order valence-electron chi connectivity index (χ3n) is 1.89. The molecule has 2 heterocycles. The number of hydrogen-bond acceptors (Lipinski definition) is 7. The molecule has 2 aliphatic rings. The van der Waals surface area contributed by atoms with Crippen molar-refractivity contribution >= 4 is 35.3 Å². The van der Waals surface area contributed by atoms with Crippen LogP contribution >= 0.6 is 11.8 Å². The van der Waals surface area contributed by atoms with Gasteiger partial charge in [-0.1, -0.05) is 0 Å². The molecule has 0 fully saturated rings. The number of aliphatic hydroxyl groups excluding tert-OH is 2. The van der Waals surface area contributed by atoms with E-state index in [4.69, 9.17) is 5.11 Å². The van der Waals surface area contributed by atoms with E-state index >= 15 is 0 Å². The van der Waals surface area contributed by atoms with E-state index in [9.17, 15) is 5.11 Å². The molecule has 0 amide bonds. The molecule has 80 valence electrons. The van der Waals surface area contributed by atoms with Gasteiger partial charge >= 0.3 is 0 Å². The number of fused-ring (bicyclic) bond motifs is 1. The molecular weight excluding hydrogens is 216 g/mol. The smallest absolute Gasteiger partial charge is 0.163 e. The summed E-state index contributed by atoms with van der Waals surface area (Å²) in [5.74, 6) is 1.02. The second kappa shape index (κ2) is 4.65. The molecule has 2 atom stereocenters. The first kappa shape index (κ1) is 10.5. The Hall–Kier alpha value is -1.05. The van der Waals surface area contributed by atoms with Gasteiger partial charge in [0, 0.05) is 5.75 Å². The first-order valence-corrected chi connectivity index (χ1v) is 5.41. The molecule has 6 nitrogen and oxygen atoms in total. The molecule has 2 rings (SSSR count). The summed E-state index contributed by atoms with van der Waals surface area (Å²) in [7, 11) is 0. The first-order chi connectivity index (χ1) is 7.31. The Morgan fingerprint density at radius 2 is 2.27 bits per heavy atom. The van der Waals surface area contributed by atoms with E-state index < -0.39 is 6.10 Å². The highest BCUT2D eigenvalue weighted by molar-refractivity contribution is 8.14. The molecule has 15 heavy (non-hydrogen) atoms. The number of amidine groups is 1. The predicted octanol–water partition coefficient (Wildman–Crippen LogP) is -0.678. The van der Waals surface area contributed by atoms with Crippen LogP contribution in [0.3, 0.4) is 0 Å². The molecule has 0 bridgehead atoms. The van der Waals surface area contributed by atoms with Crippen LogP contribution in [0.4, 0.5) is 0 Å². The minimum Gasteiger partial charge on any atom is -0.394 e. The minimum atomic E-state index is -0.734. The lowest BCUT2D eigenvalue weighted by atomic mass is 10.3. The zero-order valence-corrected chi connectivity index (χ0v) is 8.63. The van der Waals surface area contributed by atoms with Crippen LogP contribution in [0, 0.1) is 0 Å². The summed E-state index contributed by atoms with van der Waals surface area (Å²) < 4.78 is 0. The highest BCUT2D eigenvalue weighted by Gasteiger charge is 2.26. The van der Waals surface area contributed by atoms with Crippen molar-refractivity contribution in [1.82, 2.24) is 0 Å². The summed E-state index contributed by atoms with van der Waals surface area (Å²) in [5, 5.41) is 18.6. The lowest BCUT2D eigenvalue weighted by Crippen LogP contribution is -2.27. The standard InChI is InChI=1S/C8H10N4O2S/c13-1-5(14)2-15-8-6-7(10-3-9-6)11-4-12-8/h3-6,13-14H,1-2H2. The lowest BCUT2D eigenvalue weighted by molar-refractivity contribution is 0.114. The zero-order valence-electron chi connectivity index (χ0n) is 7.82. The molecule has 2 unspecified atom stereocenters. The second-order valence-electron chi connectivity index (χ2n) is 3.01. The number of aliphatic imine (C=N–C) groups is 4. The van der Waals surface area contributed by atoms with Gasteiger partial charge in [-0.05, 0) is 0 Å². The average molecular weight is 226 g/mol. The molecule has 0 aromatic rings. The Morgan fingerprint density at radius 3 is 3.07 bits per heavy atom. The molecule has 7 heteroatoms. The number of nitrogens with zero attached hydrogens (tertiary/aromatic N) is 4. The van der Waals surface area contributed by atoms with Crippen molar-refractivity contribution in [2.45, 2.75) is 12.1 Å². The third kappa shape index (κ3) is 2.31. The normalized spacial score (nSPS) is 24.8. The largest absolute Gasteiger partial charge is 0.394 e. The van der Waals surface area contributed by atoms with Crippen molar-refractivity contribution < 1.29 is 10.2 Å². The van der Waals surface area contributed by atoms with Crippen LogP contribution in [0.1, 0.15) is 0 Å². The van der Waals surface area contributed by atoms with E-state index in [0.717, 1.165) is 5.04 Å². The van der Waals surface area contributed by atoms with Crippen molar-refractivity contribution in [3.63, 3.8) is 0 Å². The molecule has 0 aromatic carbocycles. The molecule has 0 aliphatic carbocycles. The SMILES string of the molecule is OCC(O)CSC1=NC=NC2=NC=NC21. The van der Waals surface area contributed by atoms with Crippen molar-refractivity contribution in [2.75, 3.05) is 12.4 Å². The van der Waals surface area contributed by atoms with E-state index in [0.29, 0.717) is 11.6 Å². The van der Waals surface area contributed by atoms with Gasteiger partial charge in [-0.3, -0.25) is 4.99 Å². The Bertz CT molecular complexity index is 364. The summed E-state index contributed by atoms with van der Waals surface area (Å²) in [5.41, 5.74) is 0. The van der Waals surface area contributed by atoms with Crippen molar-refractivity contribution in [3.05, 3.63) is 0 Å². The molecule has 0 spiro atoms. The Balaban J connectivity index is 1.97. The molecule has 0 radical (unpaired) electrons. The topological polar surface area (TPSA) is 89.9 Å². The van der Waals surface area contributed by atoms with E-state index in [1.54, 1.807) is 0 Å². The third-order valence-corrected chi connectivity index (χ3v) is 3.07. The van der Waals surface area contributed by atoms with Gasteiger partial charge in [-0.25, -0.2) is 15.0 Å². The van der Waals surface area contributed by atoms with Crippen LogP contribution in [0.5, 0.6) is 0 Å². The van der Waals surface area contributed by atoms with Crippen LogP contribution in [0.25, 0.3) is 0 Å². The summed E-state index contributed by atoms with van der Waals surface area (Å²) in [4.78, 5) is 16.1. The monoisotopic (exact) mass is 226 g/mol. The number of rotatable bonds is 3.